The zero-order valence-corrected chi connectivity index (χ0v) is 15.1. The number of aromatic nitrogens is 2. The molecule has 0 radical (unpaired) electrons. The minimum Gasteiger partial charge on any atom is -0.383 e. The summed E-state index contributed by atoms with van der Waals surface area (Å²) in [5.41, 5.74) is 5.59. The number of H-pyrrole nitrogens is 1. The third kappa shape index (κ3) is 4.75. The first-order valence-electron chi connectivity index (χ1n) is 8.30. The smallest absolute Gasteiger partial charge is 0.330 e. The Balaban J connectivity index is 2.38. The van der Waals surface area contributed by atoms with E-state index < -0.39 is 23.2 Å². The van der Waals surface area contributed by atoms with Gasteiger partial charge in [-0.15, -0.1) is 0 Å². The first kappa shape index (κ1) is 19.8. The van der Waals surface area contributed by atoms with E-state index in [1.807, 2.05) is 30.3 Å². The Morgan fingerprint density at radius 3 is 2.48 bits per heavy atom. The van der Waals surface area contributed by atoms with Crippen molar-refractivity contribution in [1.29, 1.82) is 0 Å². The van der Waals surface area contributed by atoms with E-state index in [0.29, 0.717) is 0 Å². The van der Waals surface area contributed by atoms with Crippen LogP contribution in [0.5, 0.6) is 0 Å². The summed E-state index contributed by atoms with van der Waals surface area (Å²) in [4.78, 5) is 51.4. The molecule has 27 heavy (non-hydrogen) atoms. The molecule has 2 aromatic rings. The Bertz CT molecular complexity index is 935. The maximum Gasteiger partial charge on any atom is 0.330 e. The van der Waals surface area contributed by atoms with Crippen LogP contribution in [0.2, 0.25) is 0 Å². The van der Waals surface area contributed by atoms with Crippen LogP contribution in [0, 0.1) is 0 Å². The van der Waals surface area contributed by atoms with E-state index in [1.54, 1.807) is 6.92 Å². The maximum absolute atomic E-state index is 12.3. The van der Waals surface area contributed by atoms with E-state index in [-0.39, 0.29) is 31.1 Å². The molecule has 2 rings (SSSR count). The van der Waals surface area contributed by atoms with Crippen LogP contribution in [0.3, 0.4) is 0 Å². The molecule has 0 bridgehead atoms. The van der Waals surface area contributed by atoms with E-state index in [2.05, 4.69) is 15.6 Å². The van der Waals surface area contributed by atoms with Crippen LogP contribution in [-0.2, 0) is 11.3 Å². The predicted molar refractivity (Wildman–Crippen MR) is 102 cm³/mol. The Morgan fingerprint density at radius 2 is 1.89 bits per heavy atom. The molecule has 1 heterocycles. The van der Waals surface area contributed by atoms with Gasteiger partial charge in [-0.25, -0.2) is 9.59 Å². The molecule has 0 spiro atoms. The predicted octanol–water partition coefficient (Wildman–Crippen LogP) is -0.551. The zero-order valence-electron chi connectivity index (χ0n) is 15.1. The van der Waals surface area contributed by atoms with Crippen molar-refractivity contribution in [2.45, 2.75) is 13.5 Å². The molecular weight excluding hydrogens is 352 g/mol. The Hall–Kier alpha value is -3.56. The number of nitrogens with one attached hydrogen (secondary N) is 3. The molecule has 0 fully saturated rings. The molecule has 1 aromatic carbocycles. The molecule has 0 aliphatic heterocycles. The normalized spacial score (nSPS) is 10.3. The largest absolute Gasteiger partial charge is 0.383 e. The van der Waals surface area contributed by atoms with Crippen molar-refractivity contribution in [1.82, 2.24) is 20.2 Å². The lowest BCUT2D eigenvalue weighted by molar-refractivity contribution is -0.118. The Kier molecular flexibility index (Phi) is 6.36. The third-order valence-corrected chi connectivity index (χ3v) is 3.91. The van der Waals surface area contributed by atoms with Gasteiger partial charge in [0.25, 0.3) is 5.56 Å². The highest BCUT2D eigenvalue weighted by molar-refractivity contribution is 5.96. The van der Waals surface area contributed by atoms with Crippen molar-refractivity contribution in [2.24, 2.45) is 0 Å². The van der Waals surface area contributed by atoms with Crippen LogP contribution >= 0.6 is 0 Å². The van der Waals surface area contributed by atoms with Crippen LogP contribution in [0.1, 0.15) is 12.5 Å². The Morgan fingerprint density at radius 1 is 1.22 bits per heavy atom. The molecule has 0 aliphatic rings. The first-order chi connectivity index (χ1) is 12.9. The number of rotatable bonds is 6. The van der Waals surface area contributed by atoms with Crippen LogP contribution in [0.4, 0.5) is 16.3 Å². The molecular formula is C17H22N6O4. The lowest BCUT2D eigenvalue weighted by Crippen LogP contribution is -2.46. The second kappa shape index (κ2) is 8.70. The van der Waals surface area contributed by atoms with E-state index in [1.165, 1.54) is 16.5 Å². The summed E-state index contributed by atoms with van der Waals surface area (Å²) in [5.74, 6) is -0.669. The fourth-order valence-corrected chi connectivity index (χ4v) is 2.56. The van der Waals surface area contributed by atoms with Crippen molar-refractivity contribution in [2.75, 3.05) is 30.8 Å². The Labute approximate surface area is 155 Å². The summed E-state index contributed by atoms with van der Waals surface area (Å²) >= 11 is 0. The van der Waals surface area contributed by atoms with Gasteiger partial charge < -0.3 is 16.0 Å². The lowest BCUT2D eigenvalue weighted by atomic mass is 10.2. The monoisotopic (exact) mass is 374 g/mol. The first-order valence-corrected chi connectivity index (χ1v) is 8.30. The highest BCUT2D eigenvalue weighted by Crippen LogP contribution is 2.17. The van der Waals surface area contributed by atoms with Gasteiger partial charge in [-0.2, -0.15) is 0 Å². The molecule has 0 saturated carbocycles. The summed E-state index contributed by atoms with van der Waals surface area (Å²) in [7, 11) is 1.38. The number of hydrogen-bond acceptors (Lipinski definition) is 6. The minimum atomic E-state index is -0.698. The average Bonchev–Trinajstić information content (AvgIpc) is 2.64. The number of nitrogen functional groups attached to an aromatic ring is 1. The van der Waals surface area contributed by atoms with Gasteiger partial charge in [0, 0.05) is 13.6 Å². The van der Waals surface area contributed by atoms with Gasteiger partial charge in [-0.05, 0) is 12.5 Å². The fourth-order valence-electron chi connectivity index (χ4n) is 2.56. The summed E-state index contributed by atoms with van der Waals surface area (Å²) in [5, 5.41) is 4.38. The van der Waals surface area contributed by atoms with E-state index in [0.717, 1.165) is 5.56 Å². The van der Waals surface area contributed by atoms with Gasteiger partial charge in [-0.3, -0.25) is 24.5 Å². The number of carbonyl (C=O) groups is 2. The van der Waals surface area contributed by atoms with Crippen LogP contribution in [0.25, 0.3) is 0 Å². The van der Waals surface area contributed by atoms with Gasteiger partial charge in [-0.1, -0.05) is 30.3 Å². The number of carbonyl (C=O) groups excluding carboxylic acids is 2. The second-order valence-corrected chi connectivity index (χ2v) is 5.71. The molecule has 0 aliphatic carbocycles. The molecule has 0 atom stereocenters. The molecule has 5 N–H and O–H groups in total. The van der Waals surface area contributed by atoms with Crippen molar-refractivity contribution in [3.8, 4) is 0 Å². The summed E-state index contributed by atoms with van der Waals surface area (Å²) in [6.07, 6.45) is 0. The van der Waals surface area contributed by atoms with E-state index >= 15 is 0 Å². The van der Waals surface area contributed by atoms with Crippen LogP contribution in [-0.4, -0.2) is 41.6 Å². The lowest BCUT2D eigenvalue weighted by Gasteiger charge is -2.24. The van der Waals surface area contributed by atoms with Crippen molar-refractivity contribution < 1.29 is 9.59 Å². The summed E-state index contributed by atoms with van der Waals surface area (Å²) < 4.78 is 1.23. The summed E-state index contributed by atoms with van der Waals surface area (Å²) in [6.45, 7) is 1.87. The maximum atomic E-state index is 12.3. The standard InChI is InChI=1S/C17H22N6O4/c1-3-22(10-12(24)20-16(26)19-2)13-14(18)23(17(27)21-15(13)25)9-11-7-5-4-6-8-11/h4-8H,3,9-10,18H2,1-2H3,(H,21,25,27)(H2,19,20,24,26). The van der Waals surface area contributed by atoms with Crippen molar-refractivity contribution in [3.63, 3.8) is 0 Å². The van der Waals surface area contributed by atoms with Gasteiger partial charge >= 0.3 is 11.7 Å². The average molecular weight is 374 g/mol. The number of nitrogens with zero attached hydrogens (tertiary/aromatic N) is 2. The quantitative estimate of drug-likeness (QED) is 0.534. The minimum absolute atomic E-state index is 0.0000813. The molecule has 0 unspecified atom stereocenters. The molecule has 3 amide bonds. The molecule has 1 aromatic heterocycles. The number of hydrogen-bond donors (Lipinski definition) is 4. The topological polar surface area (TPSA) is 142 Å². The summed E-state index contributed by atoms with van der Waals surface area (Å²) in [6, 6.07) is 8.48. The van der Waals surface area contributed by atoms with Crippen LogP contribution < -0.4 is 32.5 Å². The molecule has 144 valence electrons. The number of amides is 3. The van der Waals surface area contributed by atoms with Crippen molar-refractivity contribution >= 4 is 23.4 Å². The van der Waals surface area contributed by atoms with Gasteiger partial charge in [0.1, 0.15) is 11.5 Å². The van der Waals surface area contributed by atoms with Gasteiger partial charge in [0.05, 0.1) is 13.1 Å². The number of aromatic amines is 1. The zero-order chi connectivity index (χ0) is 20.0. The fraction of sp³-hybridized carbons (Fsp3) is 0.294. The number of imide groups is 1. The highest BCUT2D eigenvalue weighted by Gasteiger charge is 2.20. The van der Waals surface area contributed by atoms with Crippen molar-refractivity contribution in [3.05, 3.63) is 56.7 Å². The number of nitrogens with two attached hydrogens (primary N) is 1. The van der Waals surface area contributed by atoms with E-state index in [9.17, 15) is 19.2 Å². The van der Waals surface area contributed by atoms with Gasteiger partial charge in [0.2, 0.25) is 5.91 Å². The highest BCUT2D eigenvalue weighted by atomic mass is 16.2. The molecule has 0 saturated heterocycles. The number of benzene rings is 1. The third-order valence-electron chi connectivity index (χ3n) is 3.91. The number of likely N-dealkylation sites (N-methyl/N-ethyl adjacent to an activating group) is 1. The SMILES string of the molecule is CCN(CC(=O)NC(=O)NC)c1c(N)n(Cc2ccccc2)c(=O)[nH]c1=O. The van der Waals surface area contributed by atoms with Crippen LogP contribution in [0.15, 0.2) is 39.9 Å². The second-order valence-electron chi connectivity index (χ2n) is 5.71. The van der Waals surface area contributed by atoms with Gasteiger partial charge in [0.15, 0.2) is 0 Å². The van der Waals surface area contributed by atoms with E-state index in [4.69, 9.17) is 5.73 Å². The molecule has 10 nitrogen and oxygen atoms in total. The number of anilines is 2. The molecule has 10 heteroatoms. The number of urea groups is 1.